The molecule has 3 nitrogen and oxygen atoms in total. The minimum atomic E-state index is -0.524. The van der Waals surface area contributed by atoms with E-state index in [-0.39, 0.29) is 10.5 Å². The van der Waals surface area contributed by atoms with Gasteiger partial charge in [-0.25, -0.2) is 4.79 Å². The van der Waals surface area contributed by atoms with Gasteiger partial charge in [-0.05, 0) is 31.6 Å². The second-order valence-corrected chi connectivity index (χ2v) is 5.67. The smallest absolute Gasteiger partial charge is 0.334 e. The van der Waals surface area contributed by atoms with Crippen molar-refractivity contribution < 1.29 is 14.6 Å². The van der Waals surface area contributed by atoms with Gasteiger partial charge in [-0.2, -0.15) is 11.8 Å². The fourth-order valence-electron chi connectivity index (χ4n) is 1.42. The second kappa shape index (κ2) is 4.75. The summed E-state index contributed by atoms with van der Waals surface area (Å²) in [6.45, 7) is 4.17. The minimum Gasteiger partial charge on any atom is -0.507 e. The summed E-state index contributed by atoms with van der Waals surface area (Å²) in [7, 11) is 1.29. The number of carbonyl (C=O) groups excluding carboxylic acids is 1. The van der Waals surface area contributed by atoms with Crippen molar-refractivity contribution in [3.63, 3.8) is 0 Å². The monoisotopic (exact) mass is 228 g/mol. The molecular formula is C11H16O3S. The van der Waals surface area contributed by atoms with Crippen molar-refractivity contribution in [3.8, 4) is 0 Å². The normalized spacial score (nSPS) is 20.7. The van der Waals surface area contributed by atoms with Gasteiger partial charge in [0.1, 0.15) is 5.76 Å². The molecule has 0 spiro atoms. The summed E-state index contributed by atoms with van der Waals surface area (Å²) in [5, 5.41) is 9.69. The molecule has 0 bridgehead atoms. The Labute approximate surface area is 94.2 Å². The molecule has 84 valence electrons. The summed E-state index contributed by atoms with van der Waals surface area (Å²) >= 11 is 1.84. The van der Waals surface area contributed by atoms with E-state index >= 15 is 0 Å². The molecule has 1 N–H and O–H groups in total. The number of ether oxygens (including phenoxy) is 1. The first-order valence-corrected chi connectivity index (χ1v) is 5.78. The van der Waals surface area contributed by atoms with E-state index in [1.165, 1.54) is 7.11 Å². The molecule has 15 heavy (non-hydrogen) atoms. The van der Waals surface area contributed by atoms with Crippen LogP contribution in [0.25, 0.3) is 0 Å². The molecule has 0 aliphatic carbocycles. The van der Waals surface area contributed by atoms with Crippen LogP contribution < -0.4 is 0 Å². The molecule has 1 rings (SSSR count). The Morgan fingerprint density at radius 1 is 1.67 bits per heavy atom. The third-order valence-corrected chi connectivity index (χ3v) is 3.42. The number of aliphatic hydroxyl groups is 1. The Morgan fingerprint density at radius 2 is 2.33 bits per heavy atom. The summed E-state index contributed by atoms with van der Waals surface area (Å²) < 4.78 is 4.48. The Morgan fingerprint density at radius 3 is 2.87 bits per heavy atom. The van der Waals surface area contributed by atoms with E-state index in [1.54, 1.807) is 0 Å². The number of esters is 1. The maximum absolute atomic E-state index is 10.9. The zero-order valence-electron chi connectivity index (χ0n) is 9.24. The van der Waals surface area contributed by atoms with Crippen LogP contribution in [0.15, 0.2) is 23.5 Å². The zero-order valence-corrected chi connectivity index (χ0v) is 10.1. The van der Waals surface area contributed by atoms with Crippen molar-refractivity contribution in [2.75, 3.05) is 12.9 Å². The number of rotatable bonds is 2. The summed E-state index contributed by atoms with van der Waals surface area (Å²) in [5.74, 6) is 0.456. The average molecular weight is 228 g/mol. The largest absolute Gasteiger partial charge is 0.507 e. The predicted octanol–water partition coefficient (Wildman–Crippen LogP) is 2.44. The maximum atomic E-state index is 10.9. The molecular weight excluding hydrogens is 212 g/mol. The molecule has 0 aromatic heterocycles. The van der Waals surface area contributed by atoms with Crippen LogP contribution in [0, 0.1) is 0 Å². The molecule has 4 heteroatoms. The molecule has 0 aromatic carbocycles. The van der Waals surface area contributed by atoms with Gasteiger partial charge in [-0.3, -0.25) is 0 Å². The molecule has 1 aliphatic heterocycles. The van der Waals surface area contributed by atoms with E-state index in [0.717, 1.165) is 23.8 Å². The lowest BCUT2D eigenvalue weighted by Gasteiger charge is -2.26. The molecule has 1 heterocycles. The minimum absolute atomic E-state index is 0.0194. The number of hydrogen-bond acceptors (Lipinski definition) is 4. The van der Waals surface area contributed by atoms with Crippen molar-refractivity contribution >= 4 is 17.7 Å². The van der Waals surface area contributed by atoms with Gasteiger partial charge in [0.2, 0.25) is 0 Å². The molecule has 0 saturated heterocycles. The van der Waals surface area contributed by atoms with Crippen LogP contribution in [0.5, 0.6) is 0 Å². The number of hydrogen-bond donors (Lipinski definition) is 1. The molecule has 0 unspecified atom stereocenters. The van der Waals surface area contributed by atoms with Gasteiger partial charge in [-0.1, -0.05) is 6.08 Å². The van der Waals surface area contributed by atoms with Gasteiger partial charge in [0.05, 0.1) is 13.2 Å². The molecule has 0 fully saturated rings. The van der Waals surface area contributed by atoms with Crippen LogP contribution in [-0.4, -0.2) is 28.7 Å². The molecule has 0 radical (unpaired) electrons. The third-order valence-electron chi connectivity index (χ3n) is 2.15. The van der Waals surface area contributed by atoms with Crippen molar-refractivity contribution in [2.24, 2.45) is 0 Å². The first kappa shape index (κ1) is 12.2. The lowest BCUT2D eigenvalue weighted by Crippen LogP contribution is -2.18. The maximum Gasteiger partial charge on any atom is 0.334 e. The summed E-state index contributed by atoms with van der Waals surface area (Å²) in [5.41, 5.74) is 0.823. The number of thioether (sulfide) groups is 1. The quantitative estimate of drug-likeness (QED) is 0.448. The van der Waals surface area contributed by atoms with Gasteiger partial charge < -0.3 is 9.84 Å². The van der Waals surface area contributed by atoms with Crippen LogP contribution >= 0.6 is 11.8 Å². The number of aliphatic hydroxyl groups excluding tert-OH is 1. The SMILES string of the molecule is COC(=O)/C=C(\O)C1=CC(C)(C)SCC1. The van der Waals surface area contributed by atoms with E-state index in [1.807, 2.05) is 17.8 Å². The standard InChI is InChI=1S/C11H16O3S/c1-11(2)7-8(4-5-15-11)9(12)6-10(13)14-3/h6-7,12H,4-5H2,1-3H3/b9-6-. The summed E-state index contributed by atoms with van der Waals surface area (Å²) in [6.07, 6.45) is 3.90. The molecule has 0 amide bonds. The first-order chi connectivity index (χ1) is 6.94. The molecule has 0 aromatic rings. The average Bonchev–Trinajstić information content (AvgIpc) is 2.16. The van der Waals surface area contributed by atoms with Crippen molar-refractivity contribution in [1.82, 2.24) is 0 Å². The number of allylic oxidation sites excluding steroid dienone is 1. The van der Waals surface area contributed by atoms with Gasteiger partial charge in [0, 0.05) is 4.75 Å². The topological polar surface area (TPSA) is 46.5 Å². The fraction of sp³-hybridized carbons (Fsp3) is 0.545. The first-order valence-electron chi connectivity index (χ1n) is 4.79. The highest BCUT2D eigenvalue weighted by molar-refractivity contribution is 8.00. The van der Waals surface area contributed by atoms with E-state index in [2.05, 4.69) is 18.6 Å². The lowest BCUT2D eigenvalue weighted by molar-refractivity contribution is -0.135. The van der Waals surface area contributed by atoms with Crippen LogP contribution in [0.1, 0.15) is 20.3 Å². The van der Waals surface area contributed by atoms with Crippen molar-refractivity contribution in [3.05, 3.63) is 23.5 Å². The van der Waals surface area contributed by atoms with Crippen LogP contribution in [0.3, 0.4) is 0 Å². The van der Waals surface area contributed by atoms with Gasteiger partial charge in [-0.15, -0.1) is 0 Å². The van der Waals surface area contributed by atoms with Gasteiger partial charge >= 0.3 is 5.97 Å². The lowest BCUT2D eigenvalue weighted by atomic mass is 10.0. The number of methoxy groups -OCH3 is 1. The third kappa shape index (κ3) is 3.63. The van der Waals surface area contributed by atoms with Crippen LogP contribution in [0.2, 0.25) is 0 Å². The Balaban J connectivity index is 2.84. The highest BCUT2D eigenvalue weighted by Gasteiger charge is 2.22. The fourth-order valence-corrected chi connectivity index (χ4v) is 2.50. The molecule has 0 saturated carbocycles. The van der Waals surface area contributed by atoms with Gasteiger partial charge in [0.25, 0.3) is 0 Å². The van der Waals surface area contributed by atoms with E-state index in [4.69, 9.17) is 0 Å². The van der Waals surface area contributed by atoms with Crippen LogP contribution in [0.4, 0.5) is 0 Å². The molecule has 1 aliphatic rings. The highest BCUT2D eigenvalue weighted by Crippen LogP contribution is 2.35. The Bertz CT molecular complexity index is 316. The van der Waals surface area contributed by atoms with Crippen molar-refractivity contribution in [2.45, 2.75) is 25.0 Å². The van der Waals surface area contributed by atoms with Crippen molar-refractivity contribution in [1.29, 1.82) is 0 Å². The second-order valence-electron chi connectivity index (χ2n) is 3.92. The number of carbonyl (C=O) groups is 1. The molecule has 0 atom stereocenters. The Hall–Kier alpha value is -0.900. The highest BCUT2D eigenvalue weighted by atomic mass is 32.2. The Kier molecular flexibility index (Phi) is 3.85. The van der Waals surface area contributed by atoms with E-state index in [9.17, 15) is 9.90 Å². The summed E-state index contributed by atoms with van der Waals surface area (Å²) in [6, 6.07) is 0. The van der Waals surface area contributed by atoms with Gasteiger partial charge in [0.15, 0.2) is 0 Å². The predicted molar refractivity (Wildman–Crippen MR) is 62.0 cm³/mol. The zero-order chi connectivity index (χ0) is 11.5. The van der Waals surface area contributed by atoms with E-state index in [0.29, 0.717) is 0 Å². The summed E-state index contributed by atoms with van der Waals surface area (Å²) in [4.78, 5) is 10.9. The van der Waals surface area contributed by atoms with Crippen LogP contribution in [-0.2, 0) is 9.53 Å². The van der Waals surface area contributed by atoms with E-state index < -0.39 is 5.97 Å².